The van der Waals surface area contributed by atoms with Crippen LogP contribution in [0.25, 0.3) is 0 Å². The van der Waals surface area contributed by atoms with E-state index in [2.05, 4.69) is 21.2 Å². The van der Waals surface area contributed by atoms with E-state index in [1.807, 2.05) is 6.07 Å². The monoisotopic (exact) mass is 327 g/mol. The van der Waals surface area contributed by atoms with Gasteiger partial charge in [-0.15, -0.1) is 0 Å². The topological polar surface area (TPSA) is 69.6 Å². The van der Waals surface area contributed by atoms with Crippen LogP contribution in [0.2, 0.25) is 0 Å². The number of aromatic hydroxyl groups is 1. The number of nitrogens with one attached hydrogen (secondary N) is 1. The van der Waals surface area contributed by atoms with Crippen molar-refractivity contribution in [3.05, 3.63) is 28.2 Å². The molecule has 0 radical (unpaired) electrons. The average molecular weight is 328 g/mol. The molecule has 0 spiro atoms. The summed E-state index contributed by atoms with van der Waals surface area (Å²) in [6.45, 7) is 0.605. The quantitative estimate of drug-likeness (QED) is 0.795. The van der Waals surface area contributed by atoms with Crippen LogP contribution in [0.5, 0.6) is 5.75 Å². The molecule has 1 fully saturated rings. The molecule has 1 aromatic rings. The van der Waals surface area contributed by atoms with Crippen LogP contribution in [0.15, 0.2) is 22.7 Å². The summed E-state index contributed by atoms with van der Waals surface area (Å²) in [6, 6.07) is 5.71. The fourth-order valence-electron chi connectivity index (χ4n) is 2.49. The van der Waals surface area contributed by atoms with E-state index < -0.39 is 5.97 Å². The molecule has 0 saturated heterocycles. The van der Waals surface area contributed by atoms with Crippen molar-refractivity contribution in [3.8, 4) is 5.75 Å². The Balaban J connectivity index is 1.83. The highest BCUT2D eigenvalue weighted by atomic mass is 79.9. The van der Waals surface area contributed by atoms with Gasteiger partial charge in [-0.2, -0.15) is 0 Å². The summed E-state index contributed by atoms with van der Waals surface area (Å²) in [7, 11) is 0. The Morgan fingerprint density at radius 2 is 2.00 bits per heavy atom. The van der Waals surface area contributed by atoms with Crippen LogP contribution in [-0.4, -0.2) is 22.2 Å². The van der Waals surface area contributed by atoms with Crippen LogP contribution in [-0.2, 0) is 11.3 Å². The molecule has 1 saturated carbocycles. The Labute approximate surface area is 121 Å². The molecule has 0 unspecified atom stereocenters. The van der Waals surface area contributed by atoms with E-state index in [4.69, 9.17) is 5.11 Å². The molecular formula is C14H18BrNO3. The third kappa shape index (κ3) is 3.94. The van der Waals surface area contributed by atoms with Crippen LogP contribution in [0.1, 0.15) is 31.2 Å². The Kier molecular flexibility index (Phi) is 4.82. The van der Waals surface area contributed by atoms with Gasteiger partial charge in [0.25, 0.3) is 0 Å². The van der Waals surface area contributed by atoms with Crippen molar-refractivity contribution in [2.75, 3.05) is 0 Å². The van der Waals surface area contributed by atoms with Gasteiger partial charge in [-0.05, 0) is 43.9 Å². The Morgan fingerprint density at radius 1 is 1.32 bits per heavy atom. The van der Waals surface area contributed by atoms with Crippen LogP contribution >= 0.6 is 15.9 Å². The van der Waals surface area contributed by atoms with Gasteiger partial charge in [0.1, 0.15) is 5.75 Å². The van der Waals surface area contributed by atoms with E-state index >= 15 is 0 Å². The SMILES string of the molecule is O=C(O)C1CCC(NCc2cc(Br)ccc2O)CC1. The maximum atomic E-state index is 10.9. The molecule has 1 aliphatic carbocycles. The minimum atomic E-state index is -0.678. The summed E-state index contributed by atoms with van der Waals surface area (Å²) >= 11 is 3.38. The summed E-state index contributed by atoms with van der Waals surface area (Å²) in [5.41, 5.74) is 0.856. The van der Waals surface area contributed by atoms with E-state index in [1.54, 1.807) is 12.1 Å². The maximum Gasteiger partial charge on any atom is 0.306 e. The predicted molar refractivity (Wildman–Crippen MR) is 76.0 cm³/mol. The lowest BCUT2D eigenvalue weighted by Crippen LogP contribution is -2.34. The summed E-state index contributed by atoms with van der Waals surface area (Å²) in [6.07, 6.45) is 3.23. The number of carbonyl (C=O) groups is 1. The van der Waals surface area contributed by atoms with Gasteiger partial charge in [0, 0.05) is 22.6 Å². The van der Waals surface area contributed by atoms with Gasteiger partial charge in [-0.1, -0.05) is 15.9 Å². The number of phenolic OH excluding ortho intramolecular Hbond substituents is 1. The normalized spacial score (nSPS) is 23.2. The molecule has 2 rings (SSSR count). The smallest absolute Gasteiger partial charge is 0.306 e. The first-order valence-corrected chi connectivity index (χ1v) is 7.29. The minimum absolute atomic E-state index is 0.183. The largest absolute Gasteiger partial charge is 0.508 e. The highest BCUT2D eigenvalue weighted by Crippen LogP contribution is 2.26. The van der Waals surface area contributed by atoms with Gasteiger partial charge < -0.3 is 15.5 Å². The summed E-state index contributed by atoms with van der Waals surface area (Å²) in [5.74, 6) is -0.574. The van der Waals surface area contributed by atoms with Gasteiger partial charge in [-0.3, -0.25) is 4.79 Å². The first-order chi connectivity index (χ1) is 9.06. The van der Waals surface area contributed by atoms with Crippen molar-refractivity contribution in [1.82, 2.24) is 5.32 Å². The Bertz CT molecular complexity index is 456. The Hall–Kier alpha value is -1.07. The molecule has 19 heavy (non-hydrogen) atoms. The number of benzene rings is 1. The second-order valence-corrected chi connectivity index (χ2v) is 5.96. The highest BCUT2D eigenvalue weighted by molar-refractivity contribution is 9.10. The molecule has 3 N–H and O–H groups in total. The maximum absolute atomic E-state index is 10.9. The molecule has 1 aliphatic rings. The van der Waals surface area contributed by atoms with Crippen molar-refractivity contribution >= 4 is 21.9 Å². The molecule has 4 nitrogen and oxygen atoms in total. The zero-order chi connectivity index (χ0) is 13.8. The fraction of sp³-hybridized carbons (Fsp3) is 0.500. The zero-order valence-electron chi connectivity index (χ0n) is 10.6. The molecule has 0 aromatic heterocycles. The lowest BCUT2D eigenvalue weighted by atomic mass is 9.86. The molecule has 1 aromatic carbocycles. The van der Waals surface area contributed by atoms with Gasteiger partial charge >= 0.3 is 5.97 Å². The number of rotatable bonds is 4. The van der Waals surface area contributed by atoms with Crippen molar-refractivity contribution in [1.29, 1.82) is 0 Å². The predicted octanol–water partition coefficient (Wildman–Crippen LogP) is 2.89. The van der Waals surface area contributed by atoms with Crippen LogP contribution in [0.3, 0.4) is 0 Å². The number of aliphatic carboxylic acids is 1. The van der Waals surface area contributed by atoms with Crippen LogP contribution < -0.4 is 5.32 Å². The molecule has 104 valence electrons. The lowest BCUT2D eigenvalue weighted by molar-refractivity contribution is -0.142. The second kappa shape index (κ2) is 6.39. The second-order valence-electron chi connectivity index (χ2n) is 5.04. The van der Waals surface area contributed by atoms with Gasteiger partial charge in [0.15, 0.2) is 0 Å². The van der Waals surface area contributed by atoms with E-state index in [1.165, 1.54) is 0 Å². The summed E-state index contributed by atoms with van der Waals surface area (Å²) in [5, 5.41) is 22.1. The standard InChI is InChI=1S/C14H18BrNO3/c15-11-3-6-13(17)10(7-11)8-16-12-4-1-9(2-5-12)14(18)19/h3,6-7,9,12,16-17H,1-2,4-5,8H2,(H,18,19). The van der Waals surface area contributed by atoms with Crippen LogP contribution in [0.4, 0.5) is 0 Å². The van der Waals surface area contributed by atoms with Gasteiger partial charge in [0.05, 0.1) is 5.92 Å². The molecule has 0 heterocycles. The van der Waals surface area contributed by atoms with Crippen molar-refractivity contribution in [3.63, 3.8) is 0 Å². The molecule has 0 atom stereocenters. The number of phenols is 1. The van der Waals surface area contributed by atoms with Gasteiger partial charge in [-0.25, -0.2) is 0 Å². The number of hydrogen-bond donors (Lipinski definition) is 3. The first-order valence-electron chi connectivity index (χ1n) is 6.50. The van der Waals surface area contributed by atoms with Crippen molar-refractivity contribution in [2.45, 2.75) is 38.3 Å². The third-order valence-electron chi connectivity index (χ3n) is 3.70. The first kappa shape index (κ1) is 14.3. The summed E-state index contributed by atoms with van der Waals surface area (Å²) in [4.78, 5) is 10.9. The number of hydrogen-bond acceptors (Lipinski definition) is 3. The molecular weight excluding hydrogens is 310 g/mol. The van der Waals surface area contributed by atoms with E-state index in [0.717, 1.165) is 35.7 Å². The number of carboxylic acids is 1. The average Bonchev–Trinajstić information content (AvgIpc) is 2.40. The van der Waals surface area contributed by atoms with E-state index in [9.17, 15) is 9.90 Å². The van der Waals surface area contributed by atoms with Crippen molar-refractivity contribution < 1.29 is 15.0 Å². The molecule has 0 amide bonds. The van der Waals surface area contributed by atoms with E-state index in [-0.39, 0.29) is 11.7 Å². The Morgan fingerprint density at radius 3 is 2.63 bits per heavy atom. The fourth-order valence-corrected chi connectivity index (χ4v) is 2.90. The summed E-state index contributed by atoms with van der Waals surface area (Å²) < 4.78 is 0.941. The number of carboxylic acid groups (broad SMARTS) is 1. The van der Waals surface area contributed by atoms with Gasteiger partial charge in [0.2, 0.25) is 0 Å². The van der Waals surface area contributed by atoms with Crippen molar-refractivity contribution in [2.24, 2.45) is 5.92 Å². The van der Waals surface area contributed by atoms with Crippen LogP contribution in [0, 0.1) is 5.92 Å². The number of halogens is 1. The molecule has 0 bridgehead atoms. The highest BCUT2D eigenvalue weighted by Gasteiger charge is 2.25. The minimum Gasteiger partial charge on any atom is -0.508 e. The molecule has 0 aliphatic heterocycles. The third-order valence-corrected chi connectivity index (χ3v) is 4.19. The zero-order valence-corrected chi connectivity index (χ0v) is 12.2. The van der Waals surface area contributed by atoms with E-state index in [0.29, 0.717) is 12.6 Å². The lowest BCUT2D eigenvalue weighted by Gasteiger charge is -2.27. The molecule has 5 heteroatoms.